The van der Waals surface area contributed by atoms with Gasteiger partial charge in [0.05, 0.1) is 14.2 Å². The van der Waals surface area contributed by atoms with Crippen LogP contribution in [-0.2, 0) is 11.3 Å². The van der Waals surface area contributed by atoms with E-state index in [9.17, 15) is 4.79 Å². The molecule has 0 unspecified atom stereocenters. The van der Waals surface area contributed by atoms with Gasteiger partial charge in [-0.1, -0.05) is 6.08 Å². The highest BCUT2D eigenvalue weighted by Gasteiger charge is 2.37. The van der Waals surface area contributed by atoms with Gasteiger partial charge < -0.3 is 24.2 Å². The summed E-state index contributed by atoms with van der Waals surface area (Å²) < 4.78 is 10.8. The number of hydrogen-bond acceptors (Lipinski definition) is 3. The third-order valence-electron chi connectivity index (χ3n) is 6.72. The summed E-state index contributed by atoms with van der Waals surface area (Å²) in [5, 5.41) is 0. The predicted molar refractivity (Wildman–Crippen MR) is 116 cm³/mol. The lowest BCUT2D eigenvalue weighted by molar-refractivity contribution is -1.02. The maximum absolute atomic E-state index is 13.1. The van der Waals surface area contributed by atoms with Gasteiger partial charge in [-0.3, -0.25) is 4.79 Å². The minimum Gasteiger partial charge on any atom is -0.493 e. The highest BCUT2D eigenvalue weighted by molar-refractivity contribution is 5.79. The molecular weight excluding hydrogens is 378 g/mol. The first-order chi connectivity index (χ1) is 14.7. The lowest BCUT2D eigenvalue weighted by atomic mass is 10.0. The summed E-state index contributed by atoms with van der Waals surface area (Å²) in [7, 11) is 3.35. The Kier molecular flexibility index (Phi) is 6.95. The van der Waals surface area contributed by atoms with Crippen LogP contribution in [0.15, 0.2) is 30.0 Å². The van der Waals surface area contributed by atoms with Gasteiger partial charge >= 0.3 is 0 Å². The zero-order valence-electron chi connectivity index (χ0n) is 18.5. The summed E-state index contributed by atoms with van der Waals surface area (Å²) in [6, 6.07) is 6.68. The maximum Gasteiger partial charge on any atom is 0.282 e. The van der Waals surface area contributed by atoms with Gasteiger partial charge in [-0.05, 0) is 56.7 Å². The Morgan fingerprint density at radius 3 is 2.40 bits per heavy atom. The van der Waals surface area contributed by atoms with Crippen molar-refractivity contribution in [3.8, 4) is 11.5 Å². The number of carbonyl (C=O) groups is 1. The molecule has 1 saturated heterocycles. The second-order valence-electron chi connectivity index (χ2n) is 8.98. The van der Waals surface area contributed by atoms with E-state index in [0.29, 0.717) is 18.5 Å². The van der Waals surface area contributed by atoms with E-state index in [-0.39, 0.29) is 0 Å². The van der Waals surface area contributed by atoms with Crippen LogP contribution in [0, 0.1) is 0 Å². The van der Waals surface area contributed by atoms with Crippen LogP contribution in [-0.4, -0.2) is 63.8 Å². The summed E-state index contributed by atoms with van der Waals surface area (Å²) in [4.78, 5) is 18.3. The van der Waals surface area contributed by atoms with E-state index in [1.54, 1.807) is 19.1 Å². The maximum atomic E-state index is 13.1. The fourth-order valence-corrected chi connectivity index (χ4v) is 4.86. The number of methoxy groups -OCH3 is 2. The van der Waals surface area contributed by atoms with Crippen LogP contribution < -0.4 is 19.3 Å². The van der Waals surface area contributed by atoms with Gasteiger partial charge in [0.2, 0.25) is 0 Å². The van der Waals surface area contributed by atoms with Crippen molar-refractivity contribution in [2.75, 3.05) is 46.9 Å². The molecule has 2 N–H and O–H groups in total. The number of quaternary nitrogens is 2. The van der Waals surface area contributed by atoms with Crippen LogP contribution in [0.2, 0.25) is 0 Å². The van der Waals surface area contributed by atoms with Crippen molar-refractivity contribution in [3.63, 3.8) is 0 Å². The van der Waals surface area contributed by atoms with Crippen LogP contribution in [0.4, 0.5) is 0 Å². The van der Waals surface area contributed by atoms with E-state index in [1.165, 1.54) is 41.8 Å². The Hall–Kier alpha value is -2.05. The van der Waals surface area contributed by atoms with E-state index in [0.717, 1.165) is 57.1 Å². The molecule has 4 rings (SSSR count). The second-order valence-corrected chi connectivity index (χ2v) is 8.98. The van der Waals surface area contributed by atoms with Crippen molar-refractivity contribution >= 4 is 5.91 Å². The minimum atomic E-state index is 0.351. The number of ether oxygens (including phenoxy) is 2. The Morgan fingerprint density at radius 2 is 1.77 bits per heavy atom. The number of allylic oxidation sites excluding steroid dienone is 2. The topological polar surface area (TPSA) is 47.7 Å². The number of nitrogens with zero attached hydrogens (tertiary/aromatic N) is 1. The molecule has 6 nitrogen and oxygen atoms in total. The van der Waals surface area contributed by atoms with Crippen LogP contribution in [0.3, 0.4) is 0 Å². The van der Waals surface area contributed by atoms with Gasteiger partial charge in [0.25, 0.3) is 5.91 Å². The molecule has 1 aliphatic heterocycles. The summed E-state index contributed by atoms with van der Waals surface area (Å²) in [5.74, 6) is 1.92. The van der Waals surface area contributed by atoms with Gasteiger partial charge in [-0.2, -0.15) is 0 Å². The lowest BCUT2D eigenvalue weighted by Crippen LogP contribution is -3.28. The number of carbonyl (C=O) groups excluding carboxylic acids is 1. The Morgan fingerprint density at radius 1 is 1.03 bits per heavy atom. The lowest BCUT2D eigenvalue weighted by Gasteiger charge is -2.32. The third kappa shape index (κ3) is 5.16. The molecule has 6 heteroatoms. The average molecular weight is 416 g/mol. The number of hydrogen-bond donors (Lipinski definition) is 2. The van der Waals surface area contributed by atoms with E-state index in [4.69, 9.17) is 9.47 Å². The van der Waals surface area contributed by atoms with Crippen molar-refractivity contribution < 1.29 is 24.1 Å². The Bertz CT molecular complexity index is 767. The van der Waals surface area contributed by atoms with E-state index in [2.05, 4.69) is 23.1 Å². The first-order valence-corrected chi connectivity index (χ1v) is 11.6. The molecule has 0 radical (unpaired) electrons. The molecule has 2 fully saturated rings. The smallest absolute Gasteiger partial charge is 0.282 e. The van der Waals surface area contributed by atoms with Crippen molar-refractivity contribution in [2.24, 2.45) is 0 Å². The first kappa shape index (κ1) is 21.2. The fraction of sp³-hybridized carbons (Fsp3) is 0.625. The average Bonchev–Trinajstić information content (AvgIpc) is 3.61. The standard InChI is InChI=1S/C24H35N3O3/c1-29-22-11-8-19(16-23(22)30-2)17-25-12-14-26(15-13-25)18-24(28)27(21-9-10-21)20-6-4-3-5-7-20/h6,8,11,16,21H,3-5,7,9-10,12-15,17-18H2,1-2H3/p+2. The van der Waals surface area contributed by atoms with E-state index >= 15 is 0 Å². The molecule has 2 aliphatic carbocycles. The first-order valence-electron chi connectivity index (χ1n) is 11.6. The zero-order chi connectivity index (χ0) is 20.9. The SMILES string of the molecule is COc1ccc(C[NH+]2CC[NH+](CC(=O)N(C3=CCCCC3)C3CC3)CC2)cc1OC. The molecule has 1 saturated carbocycles. The summed E-state index contributed by atoms with van der Waals surface area (Å²) >= 11 is 0. The van der Waals surface area contributed by atoms with Gasteiger partial charge in [-0.25, -0.2) is 0 Å². The molecule has 1 amide bonds. The molecule has 30 heavy (non-hydrogen) atoms. The fourth-order valence-electron chi connectivity index (χ4n) is 4.86. The van der Waals surface area contributed by atoms with Crippen molar-refractivity contribution in [1.29, 1.82) is 0 Å². The molecule has 0 bridgehead atoms. The molecule has 1 heterocycles. The van der Waals surface area contributed by atoms with Crippen molar-refractivity contribution in [3.05, 3.63) is 35.5 Å². The summed E-state index contributed by atoms with van der Waals surface area (Å²) in [6.07, 6.45) is 9.40. The number of piperazine rings is 1. The molecular formula is C24H37N3O3+2. The predicted octanol–water partition coefficient (Wildman–Crippen LogP) is 0.436. The monoisotopic (exact) mass is 415 g/mol. The largest absolute Gasteiger partial charge is 0.493 e. The molecule has 1 aromatic rings. The van der Waals surface area contributed by atoms with Crippen LogP contribution in [0.25, 0.3) is 0 Å². The van der Waals surface area contributed by atoms with E-state index in [1.807, 2.05) is 6.07 Å². The molecule has 0 spiro atoms. The van der Waals surface area contributed by atoms with E-state index < -0.39 is 0 Å². The molecule has 164 valence electrons. The number of rotatable bonds is 8. The van der Waals surface area contributed by atoms with Gasteiger partial charge in [0.15, 0.2) is 18.0 Å². The van der Waals surface area contributed by atoms with Crippen LogP contribution in [0.5, 0.6) is 11.5 Å². The summed E-state index contributed by atoms with van der Waals surface area (Å²) in [6.45, 7) is 5.96. The highest BCUT2D eigenvalue weighted by Crippen LogP contribution is 2.33. The van der Waals surface area contributed by atoms with Gasteiger partial charge in [-0.15, -0.1) is 0 Å². The van der Waals surface area contributed by atoms with Crippen molar-refractivity contribution in [2.45, 2.75) is 51.1 Å². The highest BCUT2D eigenvalue weighted by atomic mass is 16.5. The quantitative estimate of drug-likeness (QED) is 0.648. The molecule has 3 aliphatic rings. The number of amides is 1. The number of benzene rings is 1. The zero-order valence-corrected chi connectivity index (χ0v) is 18.5. The van der Waals surface area contributed by atoms with Gasteiger partial charge in [0, 0.05) is 17.3 Å². The molecule has 0 atom stereocenters. The minimum absolute atomic E-state index is 0.351. The molecule has 0 aromatic heterocycles. The normalized spacial score (nSPS) is 24.1. The Labute approximate surface area is 180 Å². The van der Waals surface area contributed by atoms with Crippen molar-refractivity contribution in [1.82, 2.24) is 4.90 Å². The van der Waals surface area contributed by atoms with Crippen LogP contribution in [0.1, 0.15) is 44.1 Å². The van der Waals surface area contributed by atoms with Crippen LogP contribution >= 0.6 is 0 Å². The van der Waals surface area contributed by atoms with Gasteiger partial charge in [0.1, 0.15) is 32.7 Å². The second kappa shape index (κ2) is 9.84. The Balaban J connectivity index is 1.28. The third-order valence-corrected chi connectivity index (χ3v) is 6.72. The summed E-state index contributed by atoms with van der Waals surface area (Å²) in [5.41, 5.74) is 2.58. The molecule has 1 aromatic carbocycles. The number of nitrogens with one attached hydrogen (secondary N) is 2.